The molecule has 1 unspecified atom stereocenters. The van der Waals surface area contributed by atoms with E-state index < -0.39 is 0 Å². The van der Waals surface area contributed by atoms with Gasteiger partial charge in [0.1, 0.15) is 11.6 Å². The molecule has 0 aliphatic heterocycles. The van der Waals surface area contributed by atoms with E-state index in [0.717, 1.165) is 25.7 Å². The predicted octanol–water partition coefficient (Wildman–Crippen LogP) is 3.48. The zero-order valence-electron chi connectivity index (χ0n) is 12.2. The summed E-state index contributed by atoms with van der Waals surface area (Å²) in [6.07, 6.45) is 4.25. The van der Waals surface area contributed by atoms with Crippen LogP contribution >= 0.6 is 0 Å². The smallest absolute Gasteiger partial charge is 0.128 e. The van der Waals surface area contributed by atoms with Crippen molar-refractivity contribution in [2.75, 3.05) is 13.2 Å². The molecule has 2 rings (SSSR count). The molecule has 1 aromatic rings. The third kappa shape index (κ3) is 3.18. The van der Waals surface area contributed by atoms with Crippen LogP contribution in [0.3, 0.4) is 0 Å². The molecule has 0 spiro atoms. The maximum Gasteiger partial charge on any atom is 0.128 e. The lowest BCUT2D eigenvalue weighted by Gasteiger charge is -2.29. The lowest BCUT2D eigenvalue weighted by Crippen LogP contribution is -2.36. The van der Waals surface area contributed by atoms with E-state index in [1.165, 1.54) is 12.1 Å². The molecule has 0 heterocycles. The highest BCUT2D eigenvalue weighted by Gasteiger charge is 2.33. The quantitative estimate of drug-likeness (QED) is 0.867. The Hall–Kier alpha value is -1.00. The molecule has 0 amide bonds. The van der Waals surface area contributed by atoms with Crippen LogP contribution in [0.1, 0.15) is 49.8 Å². The first kappa shape index (κ1) is 15.4. The van der Waals surface area contributed by atoms with Crippen LogP contribution in [0.25, 0.3) is 0 Å². The van der Waals surface area contributed by atoms with Crippen molar-refractivity contribution in [1.82, 2.24) is 5.32 Å². The Morgan fingerprint density at radius 3 is 2.50 bits per heavy atom. The average Bonchev–Trinajstić information content (AvgIpc) is 2.90. The Kier molecular flexibility index (Phi) is 4.76. The molecule has 2 N–H and O–H groups in total. The number of hydrogen-bond donors (Lipinski definition) is 2. The summed E-state index contributed by atoms with van der Waals surface area (Å²) in [5, 5.41) is 12.8. The molecule has 1 aromatic carbocycles. The topological polar surface area (TPSA) is 32.3 Å². The Morgan fingerprint density at radius 2 is 1.90 bits per heavy atom. The molecule has 1 fully saturated rings. The first-order valence-corrected chi connectivity index (χ1v) is 7.27. The standard InChI is InChI=1S/C16H23F2NO/c1-11-7-15(18)13(8-14(11)17)12(2)19-9-16(10-20)5-3-4-6-16/h7-8,12,19-20H,3-6,9-10H2,1-2H3. The molecule has 1 atom stereocenters. The summed E-state index contributed by atoms with van der Waals surface area (Å²) in [6, 6.07) is 2.23. The van der Waals surface area contributed by atoms with Crippen molar-refractivity contribution < 1.29 is 13.9 Å². The Bertz CT molecular complexity index is 470. The summed E-state index contributed by atoms with van der Waals surface area (Å²) >= 11 is 0. The molecule has 0 saturated heterocycles. The number of benzene rings is 1. The highest BCUT2D eigenvalue weighted by Crippen LogP contribution is 2.37. The van der Waals surface area contributed by atoms with E-state index in [4.69, 9.17) is 0 Å². The van der Waals surface area contributed by atoms with E-state index in [1.807, 2.05) is 6.92 Å². The number of rotatable bonds is 5. The largest absolute Gasteiger partial charge is 0.396 e. The summed E-state index contributed by atoms with van der Waals surface area (Å²) in [6.45, 7) is 4.17. The first-order valence-electron chi connectivity index (χ1n) is 7.27. The molecule has 1 aliphatic rings. The van der Waals surface area contributed by atoms with Gasteiger partial charge in [-0.1, -0.05) is 12.8 Å². The predicted molar refractivity (Wildman–Crippen MR) is 75.5 cm³/mol. The minimum absolute atomic E-state index is 0.0893. The van der Waals surface area contributed by atoms with E-state index in [0.29, 0.717) is 17.7 Å². The van der Waals surface area contributed by atoms with Crippen molar-refractivity contribution in [2.45, 2.75) is 45.6 Å². The zero-order valence-corrected chi connectivity index (χ0v) is 12.2. The van der Waals surface area contributed by atoms with Gasteiger partial charge in [0, 0.05) is 30.2 Å². The molecular formula is C16H23F2NO. The molecule has 0 radical (unpaired) electrons. The number of aliphatic hydroxyl groups excluding tert-OH is 1. The van der Waals surface area contributed by atoms with Crippen molar-refractivity contribution in [1.29, 1.82) is 0 Å². The highest BCUT2D eigenvalue weighted by molar-refractivity contribution is 5.27. The summed E-state index contributed by atoms with van der Waals surface area (Å²) in [7, 11) is 0. The minimum atomic E-state index is -0.382. The summed E-state index contributed by atoms with van der Waals surface area (Å²) in [5.41, 5.74) is 0.578. The third-order valence-electron chi connectivity index (χ3n) is 4.53. The second kappa shape index (κ2) is 6.19. The Balaban J connectivity index is 2.05. The maximum absolute atomic E-state index is 13.9. The van der Waals surface area contributed by atoms with Gasteiger partial charge in [-0.25, -0.2) is 8.78 Å². The summed E-state index contributed by atoms with van der Waals surface area (Å²) in [5.74, 6) is -0.763. The van der Waals surface area contributed by atoms with Gasteiger partial charge in [-0.3, -0.25) is 0 Å². The number of hydrogen-bond acceptors (Lipinski definition) is 2. The van der Waals surface area contributed by atoms with Crippen LogP contribution in [0.4, 0.5) is 8.78 Å². The van der Waals surface area contributed by atoms with E-state index in [9.17, 15) is 13.9 Å². The van der Waals surface area contributed by atoms with Gasteiger partial charge >= 0.3 is 0 Å². The van der Waals surface area contributed by atoms with Crippen molar-refractivity contribution in [3.05, 3.63) is 34.9 Å². The van der Waals surface area contributed by atoms with Crippen molar-refractivity contribution in [3.63, 3.8) is 0 Å². The minimum Gasteiger partial charge on any atom is -0.396 e. The molecular weight excluding hydrogens is 260 g/mol. The Morgan fingerprint density at radius 1 is 1.25 bits per heavy atom. The van der Waals surface area contributed by atoms with Gasteiger partial charge in [-0.05, 0) is 44.4 Å². The van der Waals surface area contributed by atoms with Gasteiger partial charge < -0.3 is 10.4 Å². The van der Waals surface area contributed by atoms with Gasteiger partial charge in [-0.2, -0.15) is 0 Å². The number of aliphatic hydroxyl groups is 1. The fourth-order valence-corrected chi connectivity index (χ4v) is 2.99. The molecule has 4 heteroatoms. The monoisotopic (exact) mass is 283 g/mol. The maximum atomic E-state index is 13.9. The summed E-state index contributed by atoms with van der Waals surface area (Å²) < 4.78 is 27.5. The number of halogens is 2. The van der Waals surface area contributed by atoms with Gasteiger partial charge in [0.15, 0.2) is 0 Å². The van der Waals surface area contributed by atoms with Gasteiger partial charge in [0.2, 0.25) is 0 Å². The number of aryl methyl sites for hydroxylation is 1. The van der Waals surface area contributed by atoms with Crippen LogP contribution in [0.15, 0.2) is 12.1 Å². The SMILES string of the molecule is Cc1cc(F)c(C(C)NCC2(CO)CCCC2)cc1F. The average molecular weight is 283 g/mol. The van der Waals surface area contributed by atoms with Crippen LogP contribution < -0.4 is 5.32 Å². The highest BCUT2D eigenvalue weighted by atomic mass is 19.1. The molecule has 1 aliphatic carbocycles. The van der Waals surface area contributed by atoms with E-state index in [1.54, 1.807) is 6.92 Å². The van der Waals surface area contributed by atoms with E-state index in [-0.39, 0.29) is 29.7 Å². The van der Waals surface area contributed by atoms with Crippen molar-refractivity contribution in [3.8, 4) is 0 Å². The molecule has 0 bridgehead atoms. The van der Waals surface area contributed by atoms with Crippen molar-refractivity contribution >= 4 is 0 Å². The van der Waals surface area contributed by atoms with E-state index >= 15 is 0 Å². The van der Waals surface area contributed by atoms with Crippen LogP contribution in [0.2, 0.25) is 0 Å². The molecule has 0 aromatic heterocycles. The lowest BCUT2D eigenvalue weighted by atomic mass is 9.87. The molecule has 112 valence electrons. The lowest BCUT2D eigenvalue weighted by molar-refractivity contribution is 0.125. The second-order valence-corrected chi connectivity index (χ2v) is 6.09. The van der Waals surface area contributed by atoms with Crippen molar-refractivity contribution in [2.24, 2.45) is 5.41 Å². The fourth-order valence-electron chi connectivity index (χ4n) is 2.99. The second-order valence-electron chi connectivity index (χ2n) is 6.09. The zero-order chi connectivity index (χ0) is 14.8. The normalized spacial score (nSPS) is 19.2. The molecule has 2 nitrogen and oxygen atoms in total. The number of nitrogens with one attached hydrogen (secondary N) is 1. The van der Waals surface area contributed by atoms with Crippen LogP contribution in [0.5, 0.6) is 0 Å². The van der Waals surface area contributed by atoms with Gasteiger partial charge in [0.05, 0.1) is 0 Å². The third-order valence-corrected chi connectivity index (χ3v) is 4.53. The summed E-state index contributed by atoms with van der Waals surface area (Å²) in [4.78, 5) is 0. The van der Waals surface area contributed by atoms with Gasteiger partial charge in [0.25, 0.3) is 0 Å². The van der Waals surface area contributed by atoms with Crippen LogP contribution in [-0.4, -0.2) is 18.3 Å². The van der Waals surface area contributed by atoms with Crippen LogP contribution in [0, 0.1) is 24.0 Å². The Labute approximate surface area is 119 Å². The molecule has 1 saturated carbocycles. The fraction of sp³-hybridized carbons (Fsp3) is 0.625. The molecule has 20 heavy (non-hydrogen) atoms. The van der Waals surface area contributed by atoms with Gasteiger partial charge in [-0.15, -0.1) is 0 Å². The van der Waals surface area contributed by atoms with Crippen LogP contribution in [-0.2, 0) is 0 Å². The van der Waals surface area contributed by atoms with E-state index in [2.05, 4.69) is 5.32 Å². The first-order chi connectivity index (χ1) is 9.47.